The van der Waals surface area contributed by atoms with Gasteiger partial charge in [-0.1, -0.05) is 19.4 Å². The van der Waals surface area contributed by atoms with Crippen molar-refractivity contribution in [3.05, 3.63) is 22.5 Å². The topological polar surface area (TPSA) is 55.8 Å². The van der Waals surface area contributed by atoms with Gasteiger partial charge in [-0.2, -0.15) is 0 Å². The van der Waals surface area contributed by atoms with Crippen molar-refractivity contribution >= 4 is 5.78 Å². The van der Waals surface area contributed by atoms with E-state index in [0.29, 0.717) is 0 Å². The predicted octanol–water partition coefficient (Wildman–Crippen LogP) is 2.66. The third kappa shape index (κ3) is 1.57. The highest BCUT2D eigenvalue weighted by molar-refractivity contribution is 5.91. The van der Waals surface area contributed by atoms with E-state index >= 15 is 0 Å². The van der Waals surface area contributed by atoms with E-state index in [0.717, 1.165) is 49.0 Å². The van der Waals surface area contributed by atoms with Crippen molar-refractivity contribution in [3.8, 4) is 0 Å². The minimum Gasteiger partial charge on any atom is -0.501 e. The molecule has 3 atom stereocenters. The van der Waals surface area contributed by atoms with Gasteiger partial charge < -0.3 is 14.6 Å². The second-order valence-corrected chi connectivity index (χ2v) is 7.67. The highest BCUT2D eigenvalue weighted by Crippen LogP contribution is 2.61. The van der Waals surface area contributed by atoms with Crippen LogP contribution in [-0.2, 0) is 14.3 Å². The Morgan fingerprint density at radius 1 is 1.27 bits per heavy atom. The molecule has 4 heteroatoms. The maximum Gasteiger partial charge on any atom is 0.165 e. The van der Waals surface area contributed by atoms with E-state index in [4.69, 9.17) is 9.47 Å². The van der Waals surface area contributed by atoms with E-state index in [1.54, 1.807) is 7.11 Å². The largest absolute Gasteiger partial charge is 0.501 e. The van der Waals surface area contributed by atoms with Gasteiger partial charge in [-0.15, -0.1) is 0 Å². The summed E-state index contributed by atoms with van der Waals surface area (Å²) in [5.41, 5.74) is 2.12. The van der Waals surface area contributed by atoms with Crippen LogP contribution in [0.1, 0.15) is 52.4 Å². The zero-order valence-corrected chi connectivity index (χ0v) is 13.6. The van der Waals surface area contributed by atoms with Crippen LogP contribution in [0.5, 0.6) is 0 Å². The van der Waals surface area contributed by atoms with Crippen molar-refractivity contribution in [2.45, 2.75) is 70.2 Å². The molecule has 4 rings (SSSR count). The molecule has 22 heavy (non-hydrogen) atoms. The number of allylic oxidation sites excluding steroid dienone is 1. The van der Waals surface area contributed by atoms with Crippen molar-refractivity contribution < 1.29 is 19.4 Å². The lowest BCUT2D eigenvalue weighted by Crippen LogP contribution is -2.47. The Kier molecular flexibility index (Phi) is 2.93. The summed E-state index contributed by atoms with van der Waals surface area (Å²) in [6.45, 7) is 4.09. The number of aliphatic hydroxyl groups excluding tert-OH is 1. The predicted molar refractivity (Wildman–Crippen MR) is 81.2 cm³/mol. The quantitative estimate of drug-likeness (QED) is 0.757. The maximum atomic E-state index is 12.4. The van der Waals surface area contributed by atoms with Crippen molar-refractivity contribution in [1.82, 2.24) is 0 Å². The highest BCUT2D eigenvalue weighted by atomic mass is 16.5. The number of ether oxygens (including phenoxy) is 2. The van der Waals surface area contributed by atoms with E-state index < -0.39 is 23.2 Å². The van der Waals surface area contributed by atoms with Crippen LogP contribution in [0.3, 0.4) is 0 Å². The molecule has 0 aromatic rings. The second kappa shape index (κ2) is 4.45. The molecule has 0 unspecified atom stereocenters. The molecule has 0 aromatic heterocycles. The number of hydrogen-bond donors (Lipinski definition) is 1. The van der Waals surface area contributed by atoms with Crippen molar-refractivity contribution in [3.63, 3.8) is 0 Å². The number of methoxy groups -OCH3 is 1. The number of rotatable bonds is 1. The fraction of sp³-hybridized carbons (Fsp3) is 0.722. The van der Waals surface area contributed by atoms with Gasteiger partial charge in [-0.3, -0.25) is 4.79 Å². The van der Waals surface area contributed by atoms with Crippen molar-refractivity contribution in [2.24, 2.45) is 5.41 Å². The van der Waals surface area contributed by atoms with Gasteiger partial charge in [-0.05, 0) is 31.3 Å². The number of carbonyl (C=O) groups excluding carboxylic acids is 1. The normalized spacial score (nSPS) is 39.7. The maximum absolute atomic E-state index is 12.4. The Balaban J connectivity index is 1.94. The molecule has 4 aliphatic rings. The lowest BCUT2D eigenvalue weighted by Gasteiger charge is -2.38. The lowest BCUT2D eigenvalue weighted by molar-refractivity contribution is -0.125. The molecule has 0 aromatic carbocycles. The highest BCUT2D eigenvalue weighted by Gasteiger charge is 2.69. The molecule has 2 aliphatic carbocycles. The standard InChI is InChI=1S/C18H24O4/c1-17(2)14-13(21-3)8-10-6-4-5-7-11(10)15(20)18(14)9-12(19)16(17)22-18/h15-16,20H,4-9H2,1-3H3/t15-,16-,18+/m0/s1. The Labute approximate surface area is 131 Å². The molecular formula is C18H24O4. The van der Waals surface area contributed by atoms with Crippen LogP contribution in [0.4, 0.5) is 0 Å². The van der Waals surface area contributed by atoms with Crippen LogP contribution in [0, 0.1) is 5.41 Å². The van der Waals surface area contributed by atoms with Crippen LogP contribution < -0.4 is 0 Å². The van der Waals surface area contributed by atoms with Gasteiger partial charge in [0.15, 0.2) is 5.78 Å². The van der Waals surface area contributed by atoms with Crippen LogP contribution in [0.2, 0.25) is 0 Å². The van der Waals surface area contributed by atoms with Gasteiger partial charge in [-0.25, -0.2) is 0 Å². The fourth-order valence-corrected chi connectivity index (χ4v) is 5.20. The summed E-state index contributed by atoms with van der Waals surface area (Å²) >= 11 is 0. The van der Waals surface area contributed by atoms with E-state index in [1.807, 2.05) is 13.8 Å². The van der Waals surface area contributed by atoms with E-state index in [2.05, 4.69) is 0 Å². The van der Waals surface area contributed by atoms with Gasteiger partial charge in [0.05, 0.1) is 7.11 Å². The number of aliphatic hydroxyl groups is 1. The first kappa shape index (κ1) is 14.5. The number of Topliss-reactive ketones (excluding diaryl/α,β-unsaturated/α-hetero) is 1. The van der Waals surface area contributed by atoms with Gasteiger partial charge in [0.2, 0.25) is 0 Å². The first-order valence-corrected chi connectivity index (χ1v) is 8.29. The zero-order chi connectivity index (χ0) is 15.7. The fourth-order valence-electron chi connectivity index (χ4n) is 5.20. The summed E-state index contributed by atoms with van der Waals surface area (Å²) in [6, 6.07) is 0. The smallest absolute Gasteiger partial charge is 0.165 e. The number of fused-ring (bicyclic) bond motifs is 1. The average Bonchev–Trinajstić information content (AvgIpc) is 2.91. The summed E-state index contributed by atoms with van der Waals surface area (Å²) < 4.78 is 11.9. The summed E-state index contributed by atoms with van der Waals surface area (Å²) in [4.78, 5) is 12.4. The molecule has 1 N–H and O–H groups in total. The molecule has 2 aliphatic heterocycles. The Hall–Kier alpha value is -1.13. The molecular weight excluding hydrogens is 280 g/mol. The van der Waals surface area contributed by atoms with Crippen LogP contribution in [0.15, 0.2) is 22.5 Å². The van der Waals surface area contributed by atoms with Crippen LogP contribution in [-0.4, -0.2) is 35.8 Å². The number of ketones is 1. The SMILES string of the molecule is COC1=C2C(C)(C)[C@H]3O[C@@]2(CC3=O)[C@@H](O)C2=C(CCCC2)C1. The van der Waals surface area contributed by atoms with Crippen molar-refractivity contribution in [1.29, 1.82) is 0 Å². The van der Waals surface area contributed by atoms with E-state index in [-0.39, 0.29) is 12.2 Å². The number of carbonyl (C=O) groups is 1. The van der Waals surface area contributed by atoms with Gasteiger partial charge in [0.1, 0.15) is 23.6 Å². The lowest BCUT2D eigenvalue weighted by atomic mass is 9.64. The van der Waals surface area contributed by atoms with Crippen LogP contribution in [0.25, 0.3) is 0 Å². The molecule has 0 radical (unpaired) electrons. The van der Waals surface area contributed by atoms with Crippen LogP contribution >= 0.6 is 0 Å². The molecule has 120 valence electrons. The first-order valence-electron chi connectivity index (χ1n) is 8.29. The molecule has 0 saturated carbocycles. The second-order valence-electron chi connectivity index (χ2n) is 7.67. The Morgan fingerprint density at radius 3 is 2.73 bits per heavy atom. The Morgan fingerprint density at radius 2 is 2.00 bits per heavy atom. The molecule has 2 saturated heterocycles. The minimum absolute atomic E-state index is 0.114. The van der Waals surface area contributed by atoms with Crippen molar-refractivity contribution in [2.75, 3.05) is 7.11 Å². The summed E-state index contributed by atoms with van der Waals surface area (Å²) in [7, 11) is 1.70. The Bertz CT molecular complexity index is 613. The zero-order valence-electron chi connectivity index (χ0n) is 13.6. The average molecular weight is 304 g/mol. The summed E-state index contributed by atoms with van der Waals surface area (Å²) in [5.74, 6) is 1.02. The molecule has 2 bridgehead atoms. The summed E-state index contributed by atoms with van der Waals surface area (Å²) in [5, 5.41) is 11.2. The summed E-state index contributed by atoms with van der Waals surface area (Å²) in [6.07, 6.45) is 4.07. The molecule has 1 spiro atoms. The minimum atomic E-state index is -0.884. The van der Waals surface area contributed by atoms with Gasteiger partial charge >= 0.3 is 0 Å². The molecule has 0 amide bonds. The first-order chi connectivity index (χ1) is 10.4. The van der Waals surface area contributed by atoms with Gasteiger partial charge in [0, 0.05) is 23.8 Å². The molecule has 2 fully saturated rings. The van der Waals surface area contributed by atoms with E-state index in [1.165, 1.54) is 5.57 Å². The van der Waals surface area contributed by atoms with E-state index in [9.17, 15) is 9.90 Å². The van der Waals surface area contributed by atoms with Gasteiger partial charge in [0.25, 0.3) is 0 Å². The third-order valence-corrected chi connectivity index (χ3v) is 6.08. The molecule has 4 nitrogen and oxygen atoms in total. The monoisotopic (exact) mass is 304 g/mol. The molecule has 2 heterocycles. The third-order valence-electron chi connectivity index (χ3n) is 6.08. The number of hydrogen-bond acceptors (Lipinski definition) is 4.